The molecule has 0 unspecified atom stereocenters. The van der Waals surface area contributed by atoms with Crippen molar-refractivity contribution in [1.29, 1.82) is 0 Å². The van der Waals surface area contributed by atoms with E-state index in [9.17, 15) is 31.7 Å². The molecule has 0 amide bonds. The van der Waals surface area contributed by atoms with Gasteiger partial charge in [-0.15, -0.1) is 12.4 Å². The predicted molar refractivity (Wildman–Crippen MR) is 93.4 cm³/mol. The van der Waals surface area contributed by atoms with Gasteiger partial charge in [0.2, 0.25) is 10.0 Å². The highest BCUT2D eigenvalue weighted by Gasteiger charge is 2.25. The number of hydrogen-bond donors (Lipinski definition) is 1. The van der Waals surface area contributed by atoms with Crippen molar-refractivity contribution >= 4 is 28.1 Å². The van der Waals surface area contributed by atoms with E-state index in [1.807, 2.05) is 0 Å². The number of nitro benzene ring substituents is 1. The Morgan fingerprint density at radius 1 is 1.11 bits per heavy atom. The predicted octanol–water partition coefficient (Wildman–Crippen LogP) is 2.75. The molecule has 148 valence electrons. The van der Waals surface area contributed by atoms with Crippen molar-refractivity contribution in [2.75, 3.05) is 13.6 Å². The fraction of sp³-hybridized carbons (Fsp3) is 0.200. The Bertz CT molecular complexity index is 942. The van der Waals surface area contributed by atoms with Crippen molar-refractivity contribution in [3.05, 3.63) is 69.5 Å². The van der Waals surface area contributed by atoms with Crippen LogP contribution in [0.2, 0.25) is 0 Å². The lowest BCUT2D eigenvalue weighted by Gasteiger charge is -2.22. The summed E-state index contributed by atoms with van der Waals surface area (Å²) in [6.07, 6.45) is 0. The summed E-state index contributed by atoms with van der Waals surface area (Å²) in [7, 11) is -2.91. The Morgan fingerprint density at radius 2 is 1.63 bits per heavy atom. The first-order chi connectivity index (χ1) is 12.0. The van der Waals surface area contributed by atoms with Gasteiger partial charge in [0.25, 0.3) is 5.69 Å². The minimum absolute atomic E-state index is 0. The standard InChI is InChI=1S/C15H14F3N3O4S.ClH/c1-20(8-15(19)11-6-13(17)14(18)7-12(11)16)26(24,25)10-4-2-9(3-5-10)21(22)23;/h2-7,15H,8,19H2,1H3;1H/t15-;/m1./s1. The molecule has 0 radical (unpaired) electrons. The number of likely N-dealkylation sites (N-methyl/N-ethyl adjacent to an activating group) is 1. The summed E-state index contributed by atoms with van der Waals surface area (Å²) in [5.41, 5.74) is 5.06. The zero-order chi connectivity index (χ0) is 19.6. The molecule has 1 atom stereocenters. The van der Waals surface area contributed by atoms with Crippen LogP contribution in [0.3, 0.4) is 0 Å². The molecule has 0 aliphatic heterocycles. The molecular formula is C15H15ClF3N3O4S. The Hall–Kier alpha value is -2.21. The van der Waals surface area contributed by atoms with E-state index in [0.29, 0.717) is 12.1 Å². The lowest BCUT2D eigenvalue weighted by atomic mass is 10.1. The van der Waals surface area contributed by atoms with E-state index in [1.54, 1.807) is 0 Å². The van der Waals surface area contributed by atoms with Crippen LogP contribution in [0.5, 0.6) is 0 Å². The molecule has 0 aliphatic carbocycles. The van der Waals surface area contributed by atoms with Gasteiger partial charge in [0.1, 0.15) is 5.82 Å². The summed E-state index contributed by atoms with van der Waals surface area (Å²) >= 11 is 0. The smallest absolute Gasteiger partial charge is 0.269 e. The fourth-order valence-corrected chi connectivity index (χ4v) is 3.41. The maximum absolute atomic E-state index is 13.8. The van der Waals surface area contributed by atoms with Gasteiger partial charge in [0, 0.05) is 43.4 Å². The van der Waals surface area contributed by atoms with E-state index in [0.717, 1.165) is 35.6 Å². The van der Waals surface area contributed by atoms with E-state index in [4.69, 9.17) is 5.73 Å². The highest BCUT2D eigenvalue weighted by Crippen LogP contribution is 2.23. The number of benzene rings is 2. The first-order valence-electron chi connectivity index (χ1n) is 7.15. The van der Waals surface area contributed by atoms with E-state index < -0.39 is 45.0 Å². The van der Waals surface area contributed by atoms with Gasteiger partial charge in [-0.25, -0.2) is 21.6 Å². The quantitative estimate of drug-likeness (QED) is 0.435. The number of sulfonamides is 1. The number of halogens is 4. The van der Waals surface area contributed by atoms with Crippen LogP contribution in [0.4, 0.5) is 18.9 Å². The summed E-state index contributed by atoms with van der Waals surface area (Å²) in [6, 6.07) is 3.78. The van der Waals surface area contributed by atoms with Gasteiger partial charge in [-0.05, 0) is 18.2 Å². The van der Waals surface area contributed by atoms with Crippen molar-refractivity contribution in [2.24, 2.45) is 5.73 Å². The number of nitrogens with zero attached hydrogens (tertiary/aromatic N) is 2. The topological polar surface area (TPSA) is 107 Å². The Labute approximate surface area is 159 Å². The van der Waals surface area contributed by atoms with Crippen LogP contribution in [0.1, 0.15) is 11.6 Å². The SMILES string of the molecule is CN(C[C@@H](N)c1cc(F)c(F)cc1F)S(=O)(=O)c1ccc([N+](=O)[O-])cc1.Cl. The van der Waals surface area contributed by atoms with Crippen molar-refractivity contribution in [3.8, 4) is 0 Å². The molecule has 0 aliphatic rings. The fourth-order valence-electron chi connectivity index (χ4n) is 2.22. The average molecular weight is 426 g/mol. The van der Waals surface area contributed by atoms with Gasteiger partial charge >= 0.3 is 0 Å². The number of nitro groups is 1. The Balaban J connectivity index is 0.00000364. The van der Waals surface area contributed by atoms with Gasteiger partial charge < -0.3 is 5.73 Å². The minimum Gasteiger partial charge on any atom is -0.323 e. The molecular weight excluding hydrogens is 411 g/mol. The summed E-state index contributed by atoms with van der Waals surface area (Å²) < 4.78 is 65.7. The van der Waals surface area contributed by atoms with Crippen LogP contribution < -0.4 is 5.73 Å². The van der Waals surface area contributed by atoms with Crippen LogP contribution in [0.15, 0.2) is 41.3 Å². The molecule has 0 spiro atoms. The van der Waals surface area contributed by atoms with Crippen molar-refractivity contribution < 1.29 is 26.5 Å². The molecule has 0 heterocycles. The number of rotatable bonds is 6. The van der Waals surface area contributed by atoms with Gasteiger partial charge in [-0.2, -0.15) is 4.31 Å². The third kappa shape index (κ3) is 4.95. The maximum Gasteiger partial charge on any atom is 0.269 e. The number of hydrogen-bond acceptors (Lipinski definition) is 5. The molecule has 27 heavy (non-hydrogen) atoms. The van der Waals surface area contributed by atoms with E-state index in [2.05, 4.69) is 0 Å². The van der Waals surface area contributed by atoms with Crippen molar-refractivity contribution in [3.63, 3.8) is 0 Å². The molecule has 2 aromatic rings. The van der Waals surface area contributed by atoms with Crippen LogP contribution in [0, 0.1) is 27.6 Å². The van der Waals surface area contributed by atoms with Gasteiger partial charge in [-0.1, -0.05) is 0 Å². The summed E-state index contributed by atoms with van der Waals surface area (Å²) in [5.74, 6) is -3.79. The average Bonchev–Trinajstić information content (AvgIpc) is 2.57. The highest BCUT2D eigenvalue weighted by molar-refractivity contribution is 7.89. The highest BCUT2D eigenvalue weighted by atomic mass is 35.5. The monoisotopic (exact) mass is 425 g/mol. The molecule has 12 heteroatoms. The molecule has 0 aromatic heterocycles. The molecule has 0 saturated heterocycles. The second-order valence-electron chi connectivity index (χ2n) is 5.43. The summed E-state index contributed by atoms with van der Waals surface area (Å²) in [5, 5.41) is 10.6. The second-order valence-corrected chi connectivity index (χ2v) is 7.48. The number of nitrogens with two attached hydrogens (primary N) is 1. The molecule has 2 aromatic carbocycles. The van der Waals surface area contributed by atoms with Crippen molar-refractivity contribution in [1.82, 2.24) is 4.31 Å². The third-order valence-corrected chi connectivity index (χ3v) is 5.49. The van der Waals surface area contributed by atoms with E-state index >= 15 is 0 Å². The molecule has 0 fully saturated rings. The van der Waals surface area contributed by atoms with Gasteiger partial charge in [-0.3, -0.25) is 10.1 Å². The molecule has 0 saturated carbocycles. The first kappa shape index (κ1) is 22.8. The van der Waals surface area contributed by atoms with Crippen LogP contribution in [-0.4, -0.2) is 31.2 Å². The van der Waals surface area contributed by atoms with Crippen LogP contribution in [-0.2, 0) is 10.0 Å². The molecule has 2 N–H and O–H groups in total. The third-order valence-electron chi connectivity index (χ3n) is 3.65. The first-order valence-corrected chi connectivity index (χ1v) is 8.59. The van der Waals surface area contributed by atoms with Gasteiger partial charge in [0.05, 0.1) is 9.82 Å². The second kappa shape index (κ2) is 8.65. The number of non-ortho nitro benzene ring substituents is 1. The minimum atomic E-state index is -4.08. The lowest BCUT2D eigenvalue weighted by molar-refractivity contribution is -0.384. The zero-order valence-corrected chi connectivity index (χ0v) is 15.4. The van der Waals surface area contributed by atoms with Crippen molar-refractivity contribution in [2.45, 2.75) is 10.9 Å². The Kier molecular flexibility index (Phi) is 7.32. The largest absolute Gasteiger partial charge is 0.323 e. The molecule has 7 nitrogen and oxygen atoms in total. The maximum atomic E-state index is 13.8. The summed E-state index contributed by atoms with van der Waals surface area (Å²) in [6.45, 7) is -0.429. The van der Waals surface area contributed by atoms with Crippen LogP contribution >= 0.6 is 12.4 Å². The molecule has 2 rings (SSSR count). The Morgan fingerprint density at radius 3 is 2.15 bits per heavy atom. The molecule has 0 bridgehead atoms. The zero-order valence-electron chi connectivity index (χ0n) is 13.8. The lowest BCUT2D eigenvalue weighted by Crippen LogP contribution is -2.34. The van der Waals surface area contributed by atoms with Crippen LogP contribution in [0.25, 0.3) is 0 Å². The van der Waals surface area contributed by atoms with E-state index in [1.165, 1.54) is 0 Å². The normalized spacial score (nSPS) is 12.5. The van der Waals surface area contributed by atoms with Gasteiger partial charge in [0.15, 0.2) is 11.6 Å². The van der Waals surface area contributed by atoms with E-state index in [-0.39, 0.29) is 28.6 Å². The summed E-state index contributed by atoms with van der Waals surface area (Å²) in [4.78, 5) is 9.71.